The molecule has 0 unspecified atom stereocenters. The van der Waals surface area contributed by atoms with E-state index in [2.05, 4.69) is 0 Å². The SMILES string of the molecule is Oc1ccc(Cl)cc1[C@@H]1Oc2ccccc2[C@H]2CC(c3ccc(F)cc3)=NN21. The van der Waals surface area contributed by atoms with Gasteiger partial charge in [0.05, 0.1) is 17.3 Å². The summed E-state index contributed by atoms with van der Waals surface area (Å²) in [7, 11) is 0. The van der Waals surface area contributed by atoms with Crippen LogP contribution in [-0.4, -0.2) is 15.8 Å². The number of benzene rings is 3. The summed E-state index contributed by atoms with van der Waals surface area (Å²) in [6.07, 6.45) is 0.0423. The van der Waals surface area contributed by atoms with Crippen molar-refractivity contribution in [3.05, 3.63) is 94.3 Å². The second kappa shape index (κ2) is 6.53. The van der Waals surface area contributed by atoms with Gasteiger partial charge in [-0.05, 0) is 42.0 Å². The molecule has 0 fully saturated rings. The van der Waals surface area contributed by atoms with Crippen molar-refractivity contribution < 1.29 is 14.2 Å². The number of halogens is 2. The Labute approximate surface area is 166 Å². The molecule has 0 amide bonds. The maximum absolute atomic E-state index is 13.3. The van der Waals surface area contributed by atoms with Crippen LogP contribution in [0.4, 0.5) is 4.39 Å². The predicted molar refractivity (Wildman–Crippen MR) is 105 cm³/mol. The summed E-state index contributed by atoms with van der Waals surface area (Å²) in [6, 6.07) is 19.0. The van der Waals surface area contributed by atoms with E-state index in [0.717, 1.165) is 22.6 Å². The molecule has 140 valence electrons. The maximum Gasteiger partial charge on any atom is 0.217 e. The Morgan fingerprint density at radius 3 is 2.64 bits per heavy atom. The van der Waals surface area contributed by atoms with Gasteiger partial charge in [0.2, 0.25) is 6.23 Å². The lowest BCUT2D eigenvalue weighted by atomic mass is 9.96. The Bertz CT molecular complexity index is 1080. The molecule has 6 heteroatoms. The van der Waals surface area contributed by atoms with E-state index in [1.165, 1.54) is 12.1 Å². The van der Waals surface area contributed by atoms with Crippen LogP contribution < -0.4 is 4.74 Å². The van der Waals surface area contributed by atoms with Crippen LogP contribution in [-0.2, 0) is 0 Å². The Hall–Kier alpha value is -3.05. The number of phenolic OH excluding ortho intramolecular Hbond substituents is 1. The number of hydrogen-bond acceptors (Lipinski definition) is 4. The molecular weight excluding hydrogens is 379 g/mol. The zero-order valence-corrected chi connectivity index (χ0v) is 15.5. The van der Waals surface area contributed by atoms with Crippen molar-refractivity contribution in [2.24, 2.45) is 5.10 Å². The van der Waals surface area contributed by atoms with Gasteiger partial charge >= 0.3 is 0 Å². The summed E-state index contributed by atoms with van der Waals surface area (Å²) in [5.41, 5.74) is 3.29. The van der Waals surface area contributed by atoms with Gasteiger partial charge in [0.1, 0.15) is 17.3 Å². The highest BCUT2D eigenvalue weighted by atomic mass is 35.5. The number of para-hydroxylation sites is 1. The van der Waals surface area contributed by atoms with Crippen LogP contribution in [0, 0.1) is 5.82 Å². The lowest BCUT2D eigenvalue weighted by Crippen LogP contribution is -2.33. The fraction of sp³-hybridized carbons (Fsp3) is 0.136. The van der Waals surface area contributed by atoms with Gasteiger partial charge in [0, 0.05) is 17.0 Å². The van der Waals surface area contributed by atoms with Gasteiger partial charge in [-0.25, -0.2) is 9.40 Å². The number of nitrogens with zero attached hydrogens (tertiary/aromatic N) is 2. The van der Waals surface area contributed by atoms with Gasteiger partial charge in [-0.3, -0.25) is 0 Å². The molecule has 28 heavy (non-hydrogen) atoms. The van der Waals surface area contributed by atoms with E-state index in [4.69, 9.17) is 21.4 Å². The summed E-state index contributed by atoms with van der Waals surface area (Å²) in [4.78, 5) is 0. The van der Waals surface area contributed by atoms with Crippen LogP contribution in [0.2, 0.25) is 5.02 Å². The van der Waals surface area contributed by atoms with E-state index in [9.17, 15) is 9.50 Å². The number of phenols is 1. The molecule has 5 rings (SSSR count). The summed E-state index contributed by atoms with van der Waals surface area (Å²) in [5.74, 6) is 0.567. The molecule has 4 nitrogen and oxygen atoms in total. The van der Waals surface area contributed by atoms with Crippen LogP contribution in [0.5, 0.6) is 11.5 Å². The van der Waals surface area contributed by atoms with Crippen molar-refractivity contribution in [1.29, 1.82) is 0 Å². The lowest BCUT2D eigenvalue weighted by Gasteiger charge is -2.38. The summed E-state index contributed by atoms with van der Waals surface area (Å²) >= 11 is 6.16. The molecule has 0 aromatic heterocycles. The Balaban J connectivity index is 1.62. The molecule has 1 N–H and O–H groups in total. The van der Waals surface area contributed by atoms with Gasteiger partial charge < -0.3 is 9.84 Å². The molecule has 2 atom stereocenters. The molecule has 0 spiro atoms. The van der Waals surface area contributed by atoms with Gasteiger partial charge in [0.15, 0.2) is 0 Å². The quantitative estimate of drug-likeness (QED) is 0.630. The highest BCUT2D eigenvalue weighted by molar-refractivity contribution is 6.30. The van der Waals surface area contributed by atoms with Crippen LogP contribution in [0.15, 0.2) is 71.8 Å². The predicted octanol–water partition coefficient (Wildman–Crippen LogP) is 5.43. The minimum atomic E-state index is -0.614. The average Bonchev–Trinajstić information content (AvgIpc) is 3.15. The molecule has 2 heterocycles. The normalized spacial score (nSPS) is 20.2. The third-order valence-electron chi connectivity index (χ3n) is 5.13. The molecule has 3 aromatic carbocycles. The molecule has 0 saturated heterocycles. The molecule has 3 aromatic rings. The minimum absolute atomic E-state index is 0.0478. The second-order valence-electron chi connectivity index (χ2n) is 6.86. The fourth-order valence-corrected chi connectivity index (χ4v) is 3.96. The van der Waals surface area contributed by atoms with Crippen molar-refractivity contribution in [3.8, 4) is 11.5 Å². The summed E-state index contributed by atoms with van der Waals surface area (Å²) in [6.45, 7) is 0. The van der Waals surface area contributed by atoms with Crippen LogP contribution in [0.1, 0.15) is 35.4 Å². The third-order valence-corrected chi connectivity index (χ3v) is 5.37. The standard InChI is InChI=1S/C22H16ClFN2O2/c23-14-7-10-20(27)17(11-14)22-26-19(16-3-1-2-4-21(16)28-22)12-18(25-26)13-5-8-15(24)9-6-13/h1-11,19,22,27H,12H2/t19-,22+/m1/s1. The largest absolute Gasteiger partial charge is 0.507 e. The van der Waals surface area contributed by atoms with Crippen molar-refractivity contribution >= 4 is 17.3 Å². The molecule has 0 saturated carbocycles. The van der Waals surface area contributed by atoms with E-state index in [1.807, 2.05) is 29.3 Å². The third kappa shape index (κ3) is 2.79. The van der Waals surface area contributed by atoms with Crippen molar-refractivity contribution in [1.82, 2.24) is 5.01 Å². The molecule has 2 aliphatic heterocycles. The first-order valence-corrected chi connectivity index (χ1v) is 9.34. The number of rotatable bonds is 2. The Kier molecular flexibility index (Phi) is 3.98. The Morgan fingerprint density at radius 1 is 1.04 bits per heavy atom. The van der Waals surface area contributed by atoms with E-state index in [1.54, 1.807) is 30.3 Å². The molecule has 0 radical (unpaired) electrons. The number of aromatic hydroxyl groups is 1. The zero-order chi connectivity index (χ0) is 19.3. The first-order valence-electron chi connectivity index (χ1n) is 8.96. The average molecular weight is 395 g/mol. The topological polar surface area (TPSA) is 45.1 Å². The number of ether oxygens (including phenoxy) is 1. The number of fused-ring (bicyclic) bond motifs is 3. The van der Waals surface area contributed by atoms with Crippen molar-refractivity contribution in [3.63, 3.8) is 0 Å². The Morgan fingerprint density at radius 2 is 1.82 bits per heavy atom. The lowest BCUT2D eigenvalue weighted by molar-refractivity contribution is -0.0203. The molecule has 0 aliphatic carbocycles. The number of hydrazone groups is 1. The van der Waals surface area contributed by atoms with Crippen molar-refractivity contribution in [2.45, 2.75) is 18.7 Å². The summed E-state index contributed by atoms with van der Waals surface area (Å²) < 4.78 is 19.5. The maximum atomic E-state index is 13.3. The van der Waals surface area contributed by atoms with E-state index < -0.39 is 6.23 Å². The second-order valence-corrected chi connectivity index (χ2v) is 7.30. The first kappa shape index (κ1) is 17.1. The van der Waals surface area contributed by atoms with E-state index >= 15 is 0 Å². The fourth-order valence-electron chi connectivity index (χ4n) is 3.78. The molecule has 0 bridgehead atoms. The van der Waals surface area contributed by atoms with Gasteiger partial charge in [0.25, 0.3) is 0 Å². The number of hydrogen-bond donors (Lipinski definition) is 1. The van der Waals surface area contributed by atoms with Crippen LogP contribution in [0.25, 0.3) is 0 Å². The molecule has 2 aliphatic rings. The zero-order valence-electron chi connectivity index (χ0n) is 14.7. The van der Waals surface area contributed by atoms with Crippen molar-refractivity contribution in [2.75, 3.05) is 0 Å². The minimum Gasteiger partial charge on any atom is -0.507 e. The first-order chi connectivity index (χ1) is 13.6. The van der Waals surface area contributed by atoms with E-state index in [0.29, 0.717) is 17.0 Å². The van der Waals surface area contributed by atoms with Gasteiger partial charge in [-0.2, -0.15) is 5.10 Å². The van der Waals surface area contributed by atoms with Crippen LogP contribution >= 0.6 is 11.6 Å². The van der Waals surface area contributed by atoms with Gasteiger partial charge in [-0.1, -0.05) is 41.9 Å². The monoisotopic (exact) mass is 394 g/mol. The van der Waals surface area contributed by atoms with E-state index in [-0.39, 0.29) is 17.6 Å². The van der Waals surface area contributed by atoms with Crippen LogP contribution in [0.3, 0.4) is 0 Å². The summed E-state index contributed by atoms with van der Waals surface area (Å²) in [5, 5.41) is 17.6. The highest BCUT2D eigenvalue weighted by Gasteiger charge is 2.41. The smallest absolute Gasteiger partial charge is 0.217 e. The molecular formula is C22H16ClFN2O2. The highest BCUT2D eigenvalue weighted by Crippen LogP contribution is 2.48. The van der Waals surface area contributed by atoms with Gasteiger partial charge in [-0.15, -0.1) is 0 Å².